The number of aromatic nitrogens is 5. The number of hydrogen-bond acceptors (Lipinski definition) is 9. The molecule has 2 aliphatic rings. The molecule has 228 valence electrons. The third-order valence-corrected chi connectivity index (χ3v) is 10.2. The quantitative estimate of drug-likeness (QED) is 0.203. The van der Waals surface area contributed by atoms with Gasteiger partial charge in [0, 0.05) is 53.9 Å². The third-order valence-electron chi connectivity index (χ3n) is 9.22. The lowest BCUT2D eigenvalue weighted by atomic mass is 9.90. The Kier molecular flexibility index (Phi) is 8.29. The molecule has 2 aromatic carbocycles. The molecule has 3 aromatic heterocycles. The number of piperazine rings is 1. The summed E-state index contributed by atoms with van der Waals surface area (Å²) < 4.78 is 2.13. The molecule has 1 aliphatic heterocycles. The highest BCUT2D eigenvalue weighted by Crippen LogP contribution is 2.38. The van der Waals surface area contributed by atoms with Crippen LogP contribution < -0.4 is 11.1 Å². The van der Waals surface area contributed by atoms with Gasteiger partial charge in [0.1, 0.15) is 17.8 Å². The van der Waals surface area contributed by atoms with Gasteiger partial charge in [-0.05, 0) is 51.3 Å². The zero-order valence-corrected chi connectivity index (χ0v) is 26.4. The summed E-state index contributed by atoms with van der Waals surface area (Å²) in [6, 6.07) is 19.8. The van der Waals surface area contributed by atoms with Gasteiger partial charge in [-0.1, -0.05) is 55.8 Å². The molecule has 0 amide bonds. The van der Waals surface area contributed by atoms with Gasteiger partial charge in [0.05, 0.1) is 17.1 Å². The number of rotatable bonds is 8. The lowest BCUT2D eigenvalue weighted by molar-refractivity contribution is 0.0815. The Bertz CT molecular complexity index is 1700. The summed E-state index contributed by atoms with van der Waals surface area (Å²) in [6.07, 6.45) is 8.23. The Balaban J connectivity index is 1.11. The Morgan fingerprint density at radius 1 is 0.864 bits per heavy atom. The fraction of sp³-hybridized carbons (Fsp3) is 0.412. The Morgan fingerprint density at radius 2 is 1.57 bits per heavy atom. The molecule has 1 saturated carbocycles. The zero-order valence-electron chi connectivity index (χ0n) is 25.6. The third kappa shape index (κ3) is 5.81. The van der Waals surface area contributed by atoms with Gasteiger partial charge >= 0.3 is 0 Å². The number of anilines is 3. The first kappa shape index (κ1) is 28.9. The molecule has 7 rings (SSSR count). The van der Waals surface area contributed by atoms with E-state index in [1.807, 2.05) is 6.07 Å². The highest BCUT2D eigenvalue weighted by atomic mass is 32.1. The maximum Gasteiger partial charge on any atom is 0.187 e. The van der Waals surface area contributed by atoms with Crippen LogP contribution in [-0.2, 0) is 6.42 Å². The molecule has 1 aliphatic carbocycles. The molecular weight excluding hydrogens is 567 g/mol. The fourth-order valence-electron chi connectivity index (χ4n) is 6.77. The van der Waals surface area contributed by atoms with E-state index in [-0.39, 0.29) is 0 Å². The number of nitrogens with one attached hydrogen (secondary N) is 1. The summed E-state index contributed by atoms with van der Waals surface area (Å²) >= 11 is 1.73. The maximum absolute atomic E-state index is 6.45. The molecule has 9 nitrogen and oxygen atoms in total. The minimum atomic E-state index is 0.311. The molecule has 4 heterocycles. The van der Waals surface area contributed by atoms with Crippen molar-refractivity contribution in [1.29, 1.82) is 0 Å². The number of fused-ring (bicyclic) bond motifs is 1. The number of nitrogens with two attached hydrogens (primary N) is 1. The van der Waals surface area contributed by atoms with Crippen molar-refractivity contribution >= 4 is 39.0 Å². The van der Waals surface area contributed by atoms with Gasteiger partial charge in [-0.25, -0.2) is 19.6 Å². The van der Waals surface area contributed by atoms with E-state index in [4.69, 9.17) is 15.8 Å². The van der Waals surface area contributed by atoms with Crippen molar-refractivity contribution in [2.45, 2.75) is 57.5 Å². The van der Waals surface area contributed by atoms with Crippen molar-refractivity contribution in [2.75, 3.05) is 44.3 Å². The Hall–Kier alpha value is -3.86. The van der Waals surface area contributed by atoms with Crippen LogP contribution in [0, 0.1) is 0 Å². The molecule has 0 unspecified atom stereocenters. The Morgan fingerprint density at radius 3 is 2.30 bits per heavy atom. The van der Waals surface area contributed by atoms with Crippen molar-refractivity contribution in [3.8, 4) is 22.5 Å². The van der Waals surface area contributed by atoms with Gasteiger partial charge < -0.3 is 16.0 Å². The minimum absolute atomic E-state index is 0.311. The summed E-state index contributed by atoms with van der Waals surface area (Å²) in [5.41, 5.74) is 12.3. The van der Waals surface area contributed by atoms with Crippen molar-refractivity contribution in [2.24, 2.45) is 0 Å². The van der Waals surface area contributed by atoms with Crippen molar-refractivity contribution in [3.63, 3.8) is 0 Å². The molecule has 3 N–H and O–H groups in total. The van der Waals surface area contributed by atoms with Crippen LogP contribution in [0.2, 0.25) is 0 Å². The molecule has 10 heteroatoms. The van der Waals surface area contributed by atoms with Gasteiger partial charge in [-0.2, -0.15) is 5.10 Å². The van der Waals surface area contributed by atoms with Crippen LogP contribution in [0.1, 0.15) is 49.9 Å². The normalized spacial score (nSPS) is 19.9. The molecule has 0 radical (unpaired) electrons. The molecule has 5 aromatic rings. The topological polar surface area (TPSA) is 101 Å². The summed E-state index contributed by atoms with van der Waals surface area (Å²) in [6.45, 7) is 6.88. The molecular formula is C34H41N9S. The highest BCUT2D eigenvalue weighted by Gasteiger charge is 2.30. The van der Waals surface area contributed by atoms with Gasteiger partial charge in [0.25, 0.3) is 0 Å². The van der Waals surface area contributed by atoms with E-state index in [1.54, 1.807) is 17.7 Å². The summed E-state index contributed by atoms with van der Waals surface area (Å²) in [5.74, 6) is 0.476. The lowest BCUT2D eigenvalue weighted by Gasteiger charge is -2.41. The monoisotopic (exact) mass is 607 g/mol. The van der Waals surface area contributed by atoms with Crippen LogP contribution in [0.3, 0.4) is 0 Å². The average molecular weight is 608 g/mol. The number of benzene rings is 2. The van der Waals surface area contributed by atoms with E-state index in [1.165, 1.54) is 30.8 Å². The average Bonchev–Trinajstić information content (AvgIpc) is 3.65. The second-order valence-electron chi connectivity index (χ2n) is 12.2. The van der Waals surface area contributed by atoms with Crippen molar-refractivity contribution in [1.82, 2.24) is 34.5 Å². The van der Waals surface area contributed by atoms with E-state index in [0.717, 1.165) is 83.1 Å². The number of nitrogens with zero attached hydrogens (tertiary/aromatic N) is 7. The Labute approximate surface area is 263 Å². The second-order valence-corrected chi connectivity index (χ2v) is 13.2. The first-order valence-corrected chi connectivity index (χ1v) is 16.7. The largest absolute Gasteiger partial charge is 0.383 e. The molecule has 2 fully saturated rings. The number of nitrogen functional groups attached to an aromatic ring is 1. The van der Waals surface area contributed by atoms with Crippen molar-refractivity contribution < 1.29 is 0 Å². The van der Waals surface area contributed by atoms with Crippen LogP contribution in [0.15, 0.2) is 60.9 Å². The molecule has 0 atom stereocenters. The van der Waals surface area contributed by atoms with E-state index < -0.39 is 0 Å². The highest BCUT2D eigenvalue weighted by molar-refractivity contribution is 7.16. The zero-order chi connectivity index (χ0) is 30.0. The summed E-state index contributed by atoms with van der Waals surface area (Å²) in [5, 5.41) is 10.4. The van der Waals surface area contributed by atoms with Crippen LogP contribution >= 0.6 is 11.3 Å². The number of thiazole rings is 1. The van der Waals surface area contributed by atoms with Crippen LogP contribution in [0.4, 0.5) is 16.6 Å². The predicted molar refractivity (Wildman–Crippen MR) is 180 cm³/mol. The van der Waals surface area contributed by atoms with Crippen LogP contribution in [0.25, 0.3) is 33.5 Å². The molecule has 0 spiro atoms. The number of likely N-dealkylation sites (N-methyl/N-ethyl adjacent to an activating group) is 1. The number of aryl methyl sites for hydroxylation is 1. The van der Waals surface area contributed by atoms with E-state index in [0.29, 0.717) is 17.9 Å². The first-order chi connectivity index (χ1) is 21.6. The minimum Gasteiger partial charge on any atom is -0.383 e. The summed E-state index contributed by atoms with van der Waals surface area (Å²) in [7, 11) is 2.22. The van der Waals surface area contributed by atoms with E-state index in [2.05, 4.69) is 92.3 Å². The first-order valence-electron chi connectivity index (χ1n) is 15.9. The SMILES string of the molecule is CCCc1sc(Nc2ccc(-c3nn(C4CCC(N5CCN(C)CC5)CC4)c4ncnc(N)c34)cc2)nc1-c1ccccc1. The van der Waals surface area contributed by atoms with Gasteiger partial charge in [-0.3, -0.25) is 4.90 Å². The standard InChI is InChI=1S/C34H41N9S/c1-3-7-28-30(23-8-5-4-6-9-23)39-34(44-28)38-25-12-10-24(11-13-25)31-29-32(35)36-22-37-33(29)43(40-31)27-16-14-26(15-17-27)42-20-18-41(2)19-21-42/h4-6,8-13,22,26-27H,3,7,14-21H2,1-2H3,(H,38,39)(H2,35,36,37). The van der Waals surface area contributed by atoms with Gasteiger partial charge in [0.2, 0.25) is 0 Å². The van der Waals surface area contributed by atoms with E-state index >= 15 is 0 Å². The van der Waals surface area contributed by atoms with Gasteiger partial charge in [-0.15, -0.1) is 11.3 Å². The second kappa shape index (κ2) is 12.6. The summed E-state index contributed by atoms with van der Waals surface area (Å²) in [4.78, 5) is 20.4. The lowest BCUT2D eigenvalue weighted by Crippen LogP contribution is -2.49. The predicted octanol–water partition coefficient (Wildman–Crippen LogP) is 6.63. The van der Waals surface area contributed by atoms with Crippen LogP contribution in [-0.4, -0.2) is 73.8 Å². The molecule has 0 bridgehead atoms. The smallest absolute Gasteiger partial charge is 0.187 e. The number of hydrogen-bond donors (Lipinski definition) is 2. The molecule has 1 saturated heterocycles. The van der Waals surface area contributed by atoms with Gasteiger partial charge in [0.15, 0.2) is 10.8 Å². The van der Waals surface area contributed by atoms with E-state index in [9.17, 15) is 0 Å². The van der Waals surface area contributed by atoms with Crippen molar-refractivity contribution in [3.05, 3.63) is 65.8 Å². The van der Waals surface area contributed by atoms with Crippen LogP contribution in [0.5, 0.6) is 0 Å². The fourth-order valence-corrected chi connectivity index (χ4v) is 7.87. The molecule has 44 heavy (non-hydrogen) atoms. The maximum atomic E-state index is 6.45.